The molecule has 1 aromatic carbocycles. The number of aromatic nitrogens is 1. The maximum absolute atomic E-state index is 14.0. The summed E-state index contributed by atoms with van der Waals surface area (Å²) in [4.78, 5) is 28.9. The summed E-state index contributed by atoms with van der Waals surface area (Å²) in [6.07, 6.45) is 4.66. The van der Waals surface area contributed by atoms with Crippen LogP contribution in [-0.2, 0) is 32.9 Å². The van der Waals surface area contributed by atoms with E-state index < -0.39 is 57.6 Å². The summed E-state index contributed by atoms with van der Waals surface area (Å²) in [6.45, 7) is 6.39. The monoisotopic (exact) mass is 526 g/mol. The molecule has 2 N–H and O–H groups in total. The van der Waals surface area contributed by atoms with Gasteiger partial charge in [0, 0.05) is 42.7 Å². The molecule has 1 aliphatic rings. The average molecular weight is 527 g/mol. The van der Waals surface area contributed by atoms with Gasteiger partial charge in [-0.3, -0.25) is 14.6 Å². The molecule has 0 bridgehead atoms. The van der Waals surface area contributed by atoms with Gasteiger partial charge in [-0.25, -0.2) is 21.7 Å². The molecule has 2 amide bonds. The predicted octanol–water partition coefficient (Wildman–Crippen LogP) is 3.67. The smallest absolute Gasteiger partial charge is 0.239 e. The number of aryl methyl sites for hydroxylation is 1. The lowest BCUT2D eigenvalue weighted by molar-refractivity contribution is -0.129. The minimum Gasteiger partial charge on any atom is -0.350 e. The van der Waals surface area contributed by atoms with E-state index in [-0.39, 0.29) is 13.1 Å². The molecular weight excluding hydrogens is 493 g/mol. The fourth-order valence-electron chi connectivity index (χ4n) is 3.48. The molecule has 2 heterocycles. The van der Waals surface area contributed by atoms with E-state index in [0.717, 1.165) is 11.3 Å². The van der Waals surface area contributed by atoms with Crippen LogP contribution in [0.5, 0.6) is 0 Å². The number of piperidine rings is 1. The maximum Gasteiger partial charge on any atom is 0.239 e. The SMILES string of the molecule is CCC.Cc1ccc(CNC(=O)CNC(=O)C2CCCCN2S(=O)Cc2c(F)cc(F)cc2F)cn1. The summed E-state index contributed by atoms with van der Waals surface area (Å²) in [6, 6.07) is 3.91. The van der Waals surface area contributed by atoms with E-state index >= 15 is 0 Å². The first kappa shape index (κ1) is 29.4. The van der Waals surface area contributed by atoms with Gasteiger partial charge in [-0.1, -0.05) is 32.8 Å². The number of hydrogen-bond donors (Lipinski definition) is 2. The second-order valence-corrected chi connectivity index (χ2v) is 9.88. The third kappa shape index (κ3) is 9.02. The van der Waals surface area contributed by atoms with Crippen molar-refractivity contribution in [3.05, 3.63) is 64.7 Å². The van der Waals surface area contributed by atoms with Crippen molar-refractivity contribution < 1.29 is 27.0 Å². The Bertz CT molecular complexity index is 1030. The molecule has 3 rings (SSSR count). The Labute approximate surface area is 212 Å². The highest BCUT2D eigenvalue weighted by atomic mass is 32.2. The van der Waals surface area contributed by atoms with Crippen LogP contribution < -0.4 is 10.6 Å². The number of rotatable bonds is 8. The van der Waals surface area contributed by atoms with Crippen LogP contribution in [0.15, 0.2) is 30.5 Å². The van der Waals surface area contributed by atoms with Gasteiger partial charge in [0.15, 0.2) is 0 Å². The largest absolute Gasteiger partial charge is 0.350 e. The normalized spacial score (nSPS) is 16.4. The third-order valence-corrected chi connectivity index (χ3v) is 6.77. The molecule has 198 valence electrons. The number of halogens is 3. The van der Waals surface area contributed by atoms with Crippen molar-refractivity contribution in [3.8, 4) is 0 Å². The lowest BCUT2D eigenvalue weighted by atomic mass is 10.0. The zero-order valence-corrected chi connectivity index (χ0v) is 21.6. The Hall–Kier alpha value is -2.79. The molecule has 0 radical (unpaired) electrons. The molecule has 1 fully saturated rings. The van der Waals surface area contributed by atoms with Gasteiger partial charge in [0.2, 0.25) is 11.8 Å². The van der Waals surface area contributed by atoms with Gasteiger partial charge in [0.05, 0.1) is 23.3 Å². The molecule has 1 saturated heterocycles. The predicted molar refractivity (Wildman–Crippen MR) is 132 cm³/mol. The minimum absolute atomic E-state index is 0.260. The van der Waals surface area contributed by atoms with Gasteiger partial charge in [-0.05, 0) is 31.4 Å². The van der Waals surface area contributed by atoms with Crippen LogP contribution in [0.4, 0.5) is 13.2 Å². The first-order valence-corrected chi connectivity index (χ1v) is 13.2. The van der Waals surface area contributed by atoms with Crippen molar-refractivity contribution in [2.75, 3.05) is 13.1 Å². The molecule has 1 aliphatic heterocycles. The number of nitrogens with one attached hydrogen (secondary N) is 2. The van der Waals surface area contributed by atoms with E-state index in [1.165, 1.54) is 10.7 Å². The number of pyridine rings is 1. The van der Waals surface area contributed by atoms with Crippen molar-refractivity contribution >= 4 is 22.8 Å². The molecule has 7 nitrogen and oxygen atoms in total. The molecular formula is C25H33F3N4O3S. The molecule has 11 heteroatoms. The quantitative estimate of drug-likeness (QED) is 0.549. The van der Waals surface area contributed by atoms with Crippen molar-refractivity contribution in [2.45, 2.75) is 64.8 Å². The lowest BCUT2D eigenvalue weighted by Gasteiger charge is -2.33. The van der Waals surface area contributed by atoms with Crippen LogP contribution in [0.2, 0.25) is 0 Å². The second-order valence-electron chi connectivity index (χ2n) is 8.48. The minimum atomic E-state index is -1.92. The fraction of sp³-hybridized carbons (Fsp3) is 0.480. The summed E-state index contributed by atoms with van der Waals surface area (Å²) in [5.74, 6) is -4.73. The molecule has 0 saturated carbocycles. The van der Waals surface area contributed by atoms with E-state index in [1.54, 1.807) is 6.20 Å². The van der Waals surface area contributed by atoms with Gasteiger partial charge >= 0.3 is 0 Å². The molecule has 2 aromatic rings. The first-order valence-electron chi connectivity index (χ1n) is 11.9. The number of hydrogen-bond acceptors (Lipinski definition) is 4. The lowest BCUT2D eigenvalue weighted by Crippen LogP contribution is -2.51. The molecule has 36 heavy (non-hydrogen) atoms. The average Bonchev–Trinajstić information content (AvgIpc) is 2.84. The molecule has 0 aliphatic carbocycles. The van der Waals surface area contributed by atoms with Crippen LogP contribution in [-0.4, -0.2) is 44.4 Å². The highest BCUT2D eigenvalue weighted by Crippen LogP contribution is 2.23. The van der Waals surface area contributed by atoms with Gasteiger partial charge in [0.1, 0.15) is 23.5 Å². The van der Waals surface area contributed by atoms with Gasteiger partial charge in [-0.15, -0.1) is 0 Å². The summed E-state index contributed by atoms with van der Waals surface area (Å²) in [5.41, 5.74) is 1.18. The summed E-state index contributed by atoms with van der Waals surface area (Å²) < 4.78 is 55.3. The van der Waals surface area contributed by atoms with E-state index in [2.05, 4.69) is 29.5 Å². The summed E-state index contributed by atoms with van der Waals surface area (Å²) in [5, 5.41) is 5.22. The standard InChI is InChI=1S/C22H25F3N4O3S.C3H8/c1-14-5-6-15(10-26-14)11-27-21(30)12-28-22(31)20-4-2-3-7-29(20)33(32)13-17-18(24)8-16(23)9-19(17)25;1-3-2/h5-6,8-10,20H,2-4,7,11-13H2,1H3,(H,27,30)(H,28,31);3H2,1-2H3. The van der Waals surface area contributed by atoms with E-state index in [0.29, 0.717) is 37.9 Å². The Kier molecular flexibility index (Phi) is 12.0. The summed E-state index contributed by atoms with van der Waals surface area (Å²) in [7, 11) is -1.92. The van der Waals surface area contributed by atoms with Crippen LogP contribution in [0.25, 0.3) is 0 Å². The van der Waals surface area contributed by atoms with Crippen molar-refractivity contribution in [1.29, 1.82) is 0 Å². The van der Waals surface area contributed by atoms with Crippen molar-refractivity contribution in [1.82, 2.24) is 19.9 Å². The van der Waals surface area contributed by atoms with Gasteiger partial charge < -0.3 is 10.6 Å². The molecule has 1 aromatic heterocycles. The molecule has 2 unspecified atom stereocenters. The number of carbonyl (C=O) groups excluding carboxylic acids is 2. The zero-order chi connectivity index (χ0) is 26.7. The Balaban J connectivity index is 0.00000145. The summed E-state index contributed by atoms with van der Waals surface area (Å²) >= 11 is 0. The molecule has 0 spiro atoms. The van der Waals surface area contributed by atoms with Gasteiger partial charge in [-0.2, -0.15) is 0 Å². The number of carbonyl (C=O) groups is 2. The van der Waals surface area contributed by atoms with E-state index in [4.69, 9.17) is 0 Å². The zero-order valence-electron chi connectivity index (χ0n) is 20.8. The topological polar surface area (TPSA) is 91.4 Å². The van der Waals surface area contributed by atoms with Crippen LogP contribution in [0.3, 0.4) is 0 Å². The Morgan fingerprint density at radius 3 is 2.39 bits per heavy atom. The van der Waals surface area contributed by atoms with E-state index in [1.807, 2.05) is 19.1 Å². The van der Waals surface area contributed by atoms with Crippen LogP contribution in [0, 0.1) is 24.4 Å². The van der Waals surface area contributed by atoms with Crippen molar-refractivity contribution in [3.63, 3.8) is 0 Å². The van der Waals surface area contributed by atoms with E-state index in [9.17, 15) is 27.0 Å². The number of benzene rings is 1. The Morgan fingerprint density at radius 1 is 1.11 bits per heavy atom. The second kappa shape index (κ2) is 14.7. The highest BCUT2D eigenvalue weighted by molar-refractivity contribution is 7.81. The van der Waals surface area contributed by atoms with Gasteiger partial charge in [0.25, 0.3) is 0 Å². The molecule has 2 atom stereocenters. The number of nitrogens with zero attached hydrogens (tertiary/aromatic N) is 2. The fourth-order valence-corrected chi connectivity index (χ4v) is 4.98. The van der Waals surface area contributed by atoms with Crippen molar-refractivity contribution in [2.24, 2.45) is 0 Å². The van der Waals surface area contributed by atoms with Crippen LogP contribution >= 0.6 is 0 Å². The Morgan fingerprint density at radius 2 is 1.78 bits per heavy atom. The third-order valence-electron chi connectivity index (χ3n) is 5.28. The number of amides is 2. The maximum atomic E-state index is 14.0. The highest BCUT2D eigenvalue weighted by Gasteiger charge is 2.33. The van der Waals surface area contributed by atoms with Crippen LogP contribution in [0.1, 0.15) is 56.4 Å². The first-order chi connectivity index (χ1) is 17.2.